The summed E-state index contributed by atoms with van der Waals surface area (Å²) in [6, 6.07) is 11.0. The lowest BCUT2D eigenvalue weighted by atomic mass is 10.2. The number of halogens is 2. The molecule has 0 aliphatic rings. The van der Waals surface area contributed by atoms with Crippen molar-refractivity contribution in [1.29, 1.82) is 0 Å². The third-order valence-corrected chi connectivity index (χ3v) is 4.78. The fraction of sp³-hybridized carbons (Fsp3) is 0.0769. The lowest BCUT2D eigenvalue weighted by Crippen LogP contribution is -2.14. The van der Waals surface area contributed by atoms with E-state index < -0.39 is 10.0 Å². The summed E-state index contributed by atoms with van der Waals surface area (Å²) >= 11 is 11.8. The molecule has 20 heavy (non-hydrogen) atoms. The molecule has 0 radical (unpaired) electrons. The minimum atomic E-state index is -3.85. The maximum atomic E-state index is 12.3. The van der Waals surface area contributed by atoms with E-state index in [1.807, 2.05) is 0 Å². The Morgan fingerprint density at radius 3 is 2.30 bits per heavy atom. The van der Waals surface area contributed by atoms with Crippen LogP contribution in [0.25, 0.3) is 0 Å². The quantitative estimate of drug-likeness (QED) is 0.903. The van der Waals surface area contributed by atoms with E-state index in [-0.39, 0.29) is 21.5 Å². The Morgan fingerprint density at radius 1 is 1.05 bits per heavy atom. The second-order valence-corrected chi connectivity index (χ2v) is 6.47. The minimum absolute atomic E-state index is 0.00405. The smallest absolute Gasteiger partial charge is 0.263 e. The first-order valence-corrected chi connectivity index (χ1v) is 7.84. The number of anilines is 1. The van der Waals surface area contributed by atoms with Crippen LogP contribution < -0.4 is 4.72 Å². The number of nitrogens with one attached hydrogen (secondary N) is 1. The van der Waals surface area contributed by atoms with Crippen molar-refractivity contribution in [2.24, 2.45) is 0 Å². The zero-order valence-electron chi connectivity index (χ0n) is 10.2. The van der Waals surface area contributed by atoms with Crippen LogP contribution in [0, 0.1) is 0 Å². The summed E-state index contributed by atoms with van der Waals surface area (Å²) in [6.07, 6.45) is 0. The van der Waals surface area contributed by atoms with E-state index >= 15 is 0 Å². The van der Waals surface area contributed by atoms with Gasteiger partial charge in [0.15, 0.2) is 0 Å². The van der Waals surface area contributed by atoms with Crippen molar-refractivity contribution in [2.75, 3.05) is 4.72 Å². The number of para-hydroxylation sites is 1. The SMILES string of the molecule is O=S(=O)(Nc1ccccc1)c1cc(CO)c(Cl)cc1Cl. The maximum Gasteiger partial charge on any atom is 0.263 e. The second-order valence-electron chi connectivity index (χ2n) is 4.00. The van der Waals surface area contributed by atoms with Gasteiger partial charge in [0, 0.05) is 10.7 Å². The first-order valence-electron chi connectivity index (χ1n) is 5.60. The third-order valence-electron chi connectivity index (χ3n) is 2.59. The van der Waals surface area contributed by atoms with Crippen molar-refractivity contribution in [3.05, 3.63) is 58.1 Å². The zero-order chi connectivity index (χ0) is 14.8. The average molecular weight is 332 g/mol. The van der Waals surface area contributed by atoms with Crippen molar-refractivity contribution < 1.29 is 13.5 Å². The molecule has 0 aliphatic heterocycles. The standard InChI is InChI=1S/C13H11Cl2NO3S/c14-11-7-12(15)13(6-9(11)8-17)20(18,19)16-10-4-2-1-3-5-10/h1-7,16-17H,8H2. The largest absolute Gasteiger partial charge is 0.392 e. The molecular formula is C13H11Cl2NO3S. The summed E-state index contributed by atoms with van der Waals surface area (Å²) in [6.45, 7) is -0.371. The van der Waals surface area contributed by atoms with E-state index in [2.05, 4.69) is 4.72 Å². The lowest BCUT2D eigenvalue weighted by Gasteiger charge is -2.11. The van der Waals surface area contributed by atoms with E-state index in [9.17, 15) is 8.42 Å². The Hall–Kier alpha value is -1.27. The van der Waals surface area contributed by atoms with Crippen molar-refractivity contribution in [2.45, 2.75) is 11.5 Å². The van der Waals surface area contributed by atoms with Gasteiger partial charge in [0.2, 0.25) is 0 Å². The van der Waals surface area contributed by atoms with Crippen LogP contribution in [0.3, 0.4) is 0 Å². The summed E-state index contributed by atoms with van der Waals surface area (Å²) < 4.78 is 27.0. The molecular weight excluding hydrogens is 321 g/mol. The van der Waals surface area contributed by atoms with Crippen LogP contribution >= 0.6 is 23.2 Å². The molecule has 0 amide bonds. The van der Waals surface area contributed by atoms with Gasteiger partial charge >= 0.3 is 0 Å². The number of aliphatic hydroxyl groups is 1. The highest BCUT2D eigenvalue weighted by molar-refractivity contribution is 7.92. The average Bonchev–Trinajstić information content (AvgIpc) is 2.39. The first-order chi connectivity index (χ1) is 9.44. The Morgan fingerprint density at radius 2 is 1.70 bits per heavy atom. The van der Waals surface area contributed by atoms with Crippen molar-refractivity contribution in [3.8, 4) is 0 Å². The molecule has 0 fully saturated rings. The van der Waals surface area contributed by atoms with Crippen LogP contribution in [0.4, 0.5) is 5.69 Å². The summed E-state index contributed by atoms with van der Waals surface area (Å²) in [5.74, 6) is 0. The molecule has 0 bridgehead atoms. The van der Waals surface area contributed by atoms with Crippen molar-refractivity contribution in [3.63, 3.8) is 0 Å². The summed E-state index contributed by atoms with van der Waals surface area (Å²) in [7, 11) is -3.85. The number of aliphatic hydroxyl groups excluding tert-OH is 1. The van der Waals surface area contributed by atoms with E-state index in [4.69, 9.17) is 28.3 Å². The molecule has 0 spiro atoms. The molecule has 0 heterocycles. The van der Waals surface area contributed by atoms with Crippen LogP contribution in [0.15, 0.2) is 47.4 Å². The summed E-state index contributed by atoms with van der Waals surface area (Å²) in [5.41, 5.74) is 0.716. The van der Waals surface area contributed by atoms with Gasteiger partial charge in [-0.2, -0.15) is 0 Å². The highest BCUT2D eigenvalue weighted by Gasteiger charge is 2.20. The predicted octanol–water partition coefficient (Wildman–Crippen LogP) is 3.29. The van der Waals surface area contributed by atoms with Crippen molar-refractivity contribution >= 4 is 38.9 Å². The maximum absolute atomic E-state index is 12.3. The van der Waals surface area contributed by atoms with Gasteiger partial charge in [-0.25, -0.2) is 8.42 Å². The van der Waals surface area contributed by atoms with Gasteiger partial charge in [0.05, 0.1) is 11.6 Å². The van der Waals surface area contributed by atoms with Crippen LogP contribution in [-0.2, 0) is 16.6 Å². The summed E-state index contributed by atoms with van der Waals surface area (Å²) in [5, 5.41) is 9.36. The molecule has 0 aliphatic carbocycles. The number of hydrogen-bond acceptors (Lipinski definition) is 3. The van der Waals surface area contributed by atoms with E-state index in [1.165, 1.54) is 12.1 Å². The van der Waals surface area contributed by atoms with Gasteiger partial charge in [-0.1, -0.05) is 41.4 Å². The number of sulfonamides is 1. The Labute approximate surface area is 127 Å². The number of benzene rings is 2. The predicted molar refractivity (Wildman–Crippen MR) is 79.6 cm³/mol. The molecule has 4 nitrogen and oxygen atoms in total. The first kappa shape index (κ1) is 15.1. The number of rotatable bonds is 4. The molecule has 0 unspecified atom stereocenters. The lowest BCUT2D eigenvalue weighted by molar-refractivity contribution is 0.281. The minimum Gasteiger partial charge on any atom is -0.392 e. The molecule has 0 saturated carbocycles. The molecule has 106 valence electrons. The van der Waals surface area contributed by atoms with E-state index in [0.717, 1.165) is 0 Å². The normalized spacial score (nSPS) is 11.3. The molecule has 0 atom stereocenters. The van der Waals surface area contributed by atoms with Crippen LogP contribution in [0.5, 0.6) is 0 Å². The fourth-order valence-electron chi connectivity index (χ4n) is 1.61. The Kier molecular flexibility index (Phi) is 4.55. The fourth-order valence-corrected chi connectivity index (χ4v) is 3.53. The van der Waals surface area contributed by atoms with Gasteiger partial charge < -0.3 is 5.11 Å². The van der Waals surface area contributed by atoms with E-state index in [0.29, 0.717) is 11.3 Å². The topological polar surface area (TPSA) is 66.4 Å². The van der Waals surface area contributed by atoms with Crippen molar-refractivity contribution in [1.82, 2.24) is 0 Å². The Balaban J connectivity index is 2.44. The number of hydrogen-bond donors (Lipinski definition) is 2. The molecule has 2 rings (SSSR count). The Bertz CT molecular complexity index is 718. The van der Waals surface area contributed by atoms with Crippen LogP contribution in [0.2, 0.25) is 10.0 Å². The molecule has 0 aromatic heterocycles. The van der Waals surface area contributed by atoms with E-state index in [1.54, 1.807) is 30.3 Å². The molecule has 7 heteroatoms. The highest BCUT2D eigenvalue weighted by Crippen LogP contribution is 2.29. The van der Waals surface area contributed by atoms with Crippen LogP contribution in [-0.4, -0.2) is 13.5 Å². The van der Waals surface area contributed by atoms with Crippen LogP contribution in [0.1, 0.15) is 5.56 Å². The zero-order valence-corrected chi connectivity index (χ0v) is 12.5. The van der Waals surface area contributed by atoms with Gasteiger partial charge in [-0.05, 0) is 29.8 Å². The molecule has 2 N–H and O–H groups in total. The third kappa shape index (κ3) is 3.24. The molecule has 2 aromatic rings. The van der Waals surface area contributed by atoms with Gasteiger partial charge in [-0.3, -0.25) is 4.72 Å². The monoisotopic (exact) mass is 331 g/mol. The van der Waals surface area contributed by atoms with Gasteiger partial charge in [-0.15, -0.1) is 0 Å². The molecule has 2 aromatic carbocycles. The highest BCUT2D eigenvalue weighted by atomic mass is 35.5. The summed E-state index contributed by atoms with van der Waals surface area (Å²) in [4.78, 5) is -0.128. The second kappa shape index (κ2) is 6.01. The molecule has 0 saturated heterocycles. The van der Waals surface area contributed by atoms with Gasteiger partial charge in [0.1, 0.15) is 4.90 Å². The van der Waals surface area contributed by atoms with Gasteiger partial charge in [0.25, 0.3) is 10.0 Å².